The van der Waals surface area contributed by atoms with E-state index >= 15 is 0 Å². The number of carbonyl (C=O) groups excluding carboxylic acids is 1. The van der Waals surface area contributed by atoms with E-state index in [1.165, 1.54) is 18.1 Å². The van der Waals surface area contributed by atoms with Crippen molar-refractivity contribution in [2.24, 2.45) is 0 Å². The third-order valence-corrected chi connectivity index (χ3v) is 3.03. The number of rotatable bonds is 1. The first-order valence-corrected chi connectivity index (χ1v) is 6.83. The van der Waals surface area contributed by atoms with Crippen molar-refractivity contribution in [2.45, 2.75) is 25.5 Å². The van der Waals surface area contributed by atoms with Crippen LogP contribution in [0.4, 0.5) is 10.6 Å². The molecule has 0 aliphatic carbocycles. The Morgan fingerprint density at radius 2 is 2.26 bits per heavy atom. The van der Waals surface area contributed by atoms with Gasteiger partial charge in [0.1, 0.15) is 18.2 Å². The normalized spacial score (nSPS) is 17.3. The van der Waals surface area contributed by atoms with Crippen LogP contribution in [0.5, 0.6) is 5.75 Å². The van der Waals surface area contributed by atoms with Crippen molar-refractivity contribution in [3.05, 3.63) is 17.8 Å². The Balaban J connectivity index is 2.42. The Hall–Kier alpha value is -2.79. The summed E-state index contributed by atoms with van der Waals surface area (Å²) in [4.78, 5) is 28.4. The third kappa shape index (κ3) is 3.90. The number of aliphatic hydroxyl groups is 1. The standard InChI is InChI=1S/C15H17N3O5/c1-15(2,22)6-4-9-5-7-16-12-11(9)23-8-10(17-14(20)21)13(19)18(12)3/h5,7,10,17,22H,8H2,1-3H3,(H,20,21)/t10-/m0/s1. The van der Waals surface area contributed by atoms with Gasteiger partial charge in [0.2, 0.25) is 0 Å². The second-order valence-electron chi connectivity index (χ2n) is 5.53. The first-order valence-electron chi connectivity index (χ1n) is 6.83. The van der Waals surface area contributed by atoms with Gasteiger partial charge in [-0.3, -0.25) is 9.69 Å². The SMILES string of the molecule is CN1C(=O)[C@@H](NC(=O)O)COc2c(C#CC(C)(C)O)ccnc21. The first kappa shape index (κ1) is 16.6. The molecule has 1 aromatic heterocycles. The van der Waals surface area contributed by atoms with Crippen LogP contribution in [0.1, 0.15) is 19.4 Å². The predicted molar refractivity (Wildman–Crippen MR) is 81.3 cm³/mol. The average Bonchev–Trinajstić information content (AvgIpc) is 2.57. The smallest absolute Gasteiger partial charge is 0.405 e. The molecule has 1 aromatic rings. The molecule has 122 valence electrons. The minimum absolute atomic E-state index is 0.175. The molecule has 23 heavy (non-hydrogen) atoms. The van der Waals surface area contributed by atoms with Gasteiger partial charge in [-0.05, 0) is 19.9 Å². The van der Waals surface area contributed by atoms with Crippen LogP contribution in [0.25, 0.3) is 0 Å². The van der Waals surface area contributed by atoms with Crippen molar-refractivity contribution in [1.82, 2.24) is 10.3 Å². The summed E-state index contributed by atoms with van der Waals surface area (Å²) in [6.45, 7) is 2.91. The maximum Gasteiger partial charge on any atom is 0.405 e. The van der Waals surface area contributed by atoms with Gasteiger partial charge in [-0.15, -0.1) is 0 Å². The van der Waals surface area contributed by atoms with Crippen LogP contribution in [-0.4, -0.2) is 52.5 Å². The van der Waals surface area contributed by atoms with Crippen molar-refractivity contribution in [3.63, 3.8) is 0 Å². The zero-order valence-corrected chi connectivity index (χ0v) is 13.0. The van der Waals surface area contributed by atoms with E-state index in [0.717, 1.165) is 0 Å². The summed E-state index contributed by atoms with van der Waals surface area (Å²) in [6.07, 6.45) is 0.145. The summed E-state index contributed by atoms with van der Waals surface area (Å²) >= 11 is 0. The van der Waals surface area contributed by atoms with E-state index in [2.05, 4.69) is 22.1 Å². The Morgan fingerprint density at radius 1 is 1.57 bits per heavy atom. The number of anilines is 1. The van der Waals surface area contributed by atoms with Crippen molar-refractivity contribution >= 4 is 17.8 Å². The van der Waals surface area contributed by atoms with E-state index in [9.17, 15) is 14.7 Å². The lowest BCUT2D eigenvalue weighted by Gasteiger charge is -2.18. The van der Waals surface area contributed by atoms with Crippen LogP contribution < -0.4 is 15.0 Å². The highest BCUT2D eigenvalue weighted by Gasteiger charge is 2.32. The molecule has 3 N–H and O–H groups in total. The molecule has 8 heteroatoms. The van der Waals surface area contributed by atoms with Crippen LogP contribution in [0, 0.1) is 11.8 Å². The van der Waals surface area contributed by atoms with Gasteiger partial charge in [-0.25, -0.2) is 9.78 Å². The van der Waals surface area contributed by atoms with E-state index in [1.54, 1.807) is 19.9 Å². The van der Waals surface area contributed by atoms with Crippen LogP contribution in [0.15, 0.2) is 12.3 Å². The van der Waals surface area contributed by atoms with Gasteiger partial charge in [0.25, 0.3) is 5.91 Å². The van der Waals surface area contributed by atoms with Crippen molar-refractivity contribution in [2.75, 3.05) is 18.6 Å². The Kier molecular flexibility index (Phi) is 4.43. The molecule has 0 spiro atoms. The number of carboxylic acid groups (broad SMARTS) is 1. The van der Waals surface area contributed by atoms with Gasteiger partial charge < -0.3 is 20.3 Å². The fourth-order valence-corrected chi connectivity index (χ4v) is 1.97. The highest BCUT2D eigenvalue weighted by atomic mass is 16.5. The number of fused-ring (bicyclic) bond motifs is 1. The molecular formula is C15H17N3O5. The average molecular weight is 319 g/mol. The van der Waals surface area contributed by atoms with Crippen LogP contribution in [-0.2, 0) is 4.79 Å². The van der Waals surface area contributed by atoms with Gasteiger partial charge in [-0.2, -0.15) is 0 Å². The highest BCUT2D eigenvalue weighted by Crippen LogP contribution is 2.31. The Labute approximate surface area is 133 Å². The largest absolute Gasteiger partial charge is 0.486 e. The van der Waals surface area contributed by atoms with Crippen LogP contribution in [0.2, 0.25) is 0 Å². The van der Waals surface area contributed by atoms with Gasteiger partial charge in [-0.1, -0.05) is 11.8 Å². The minimum Gasteiger partial charge on any atom is -0.486 e. The lowest BCUT2D eigenvalue weighted by molar-refractivity contribution is -0.120. The Morgan fingerprint density at radius 3 is 2.87 bits per heavy atom. The van der Waals surface area contributed by atoms with Gasteiger partial charge in [0, 0.05) is 13.2 Å². The zero-order valence-electron chi connectivity index (χ0n) is 13.0. The number of nitrogens with one attached hydrogen (secondary N) is 1. The van der Waals surface area contributed by atoms with Gasteiger partial charge in [0.05, 0.1) is 5.56 Å². The number of aromatic nitrogens is 1. The quantitative estimate of drug-likeness (QED) is 0.637. The van der Waals surface area contributed by atoms with Crippen LogP contribution in [0.3, 0.4) is 0 Å². The number of amides is 2. The van der Waals surface area contributed by atoms with Gasteiger partial charge >= 0.3 is 6.09 Å². The zero-order chi connectivity index (χ0) is 17.2. The molecule has 0 unspecified atom stereocenters. The predicted octanol–water partition coefficient (Wildman–Crippen LogP) is 0.195. The molecule has 1 atom stereocenters. The fourth-order valence-electron chi connectivity index (χ4n) is 1.97. The molecule has 0 saturated heterocycles. The topological polar surface area (TPSA) is 112 Å². The van der Waals surface area contributed by atoms with E-state index in [0.29, 0.717) is 5.56 Å². The molecule has 0 bridgehead atoms. The summed E-state index contributed by atoms with van der Waals surface area (Å²) in [5.74, 6) is 5.49. The first-order chi connectivity index (χ1) is 10.7. The second-order valence-corrected chi connectivity index (χ2v) is 5.53. The molecule has 2 rings (SSSR count). The summed E-state index contributed by atoms with van der Waals surface area (Å²) in [7, 11) is 1.48. The van der Waals surface area contributed by atoms with Crippen molar-refractivity contribution < 1.29 is 24.5 Å². The molecule has 0 radical (unpaired) electrons. The number of ether oxygens (including phenoxy) is 1. The molecule has 0 aromatic carbocycles. The molecule has 2 heterocycles. The second kappa shape index (κ2) is 6.14. The summed E-state index contributed by atoms with van der Waals surface area (Å²) in [5.41, 5.74) is -0.733. The lowest BCUT2D eigenvalue weighted by atomic mass is 10.1. The number of carbonyl (C=O) groups is 2. The summed E-state index contributed by atoms with van der Waals surface area (Å²) in [6, 6.07) is 0.558. The number of hydrogen-bond acceptors (Lipinski definition) is 5. The molecule has 8 nitrogen and oxygen atoms in total. The Bertz CT molecular complexity index is 699. The monoisotopic (exact) mass is 319 g/mol. The maximum absolute atomic E-state index is 12.3. The molecule has 1 aliphatic rings. The molecule has 0 fully saturated rings. The minimum atomic E-state index is -1.32. The van der Waals surface area contributed by atoms with E-state index in [4.69, 9.17) is 9.84 Å². The fraction of sp³-hybridized carbons (Fsp3) is 0.400. The van der Waals surface area contributed by atoms with Gasteiger partial charge in [0.15, 0.2) is 11.6 Å². The van der Waals surface area contributed by atoms with E-state index < -0.39 is 23.6 Å². The maximum atomic E-state index is 12.3. The highest BCUT2D eigenvalue weighted by molar-refractivity contribution is 5.99. The number of likely N-dealkylation sites (N-methyl/N-ethyl adjacent to an activating group) is 1. The molecule has 0 saturated carbocycles. The van der Waals surface area contributed by atoms with Crippen molar-refractivity contribution in [1.29, 1.82) is 0 Å². The third-order valence-electron chi connectivity index (χ3n) is 3.03. The number of nitrogens with zero attached hydrogens (tertiary/aromatic N) is 2. The number of hydrogen-bond donors (Lipinski definition) is 3. The molecule has 1 aliphatic heterocycles. The van der Waals surface area contributed by atoms with Crippen molar-refractivity contribution in [3.8, 4) is 17.6 Å². The van der Waals surface area contributed by atoms with E-state index in [-0.39, 0.29) is 18.2 Å². The van der Waals surface area contributed by atoms with E-state index in [1.807, 2.05) is 0 Å². The van der Waals surface area contributed by atoms with Crippen LogP contribution >= 0.6 is 0 Å². The lowest BCUT2D eigenvalue weighted by Crippen LogP contribution is -2.49. The number of pyridine rings is 1. The summed E-state index contributed by atoms with van der Waals surface area (Å²) in [5, 5.41) is 20.6. The molecular weight excluding hydrogens is 302 g/mol. The molecule has 2 amide bonds. The summed E-state index contributed by atoms with van der Waals surface area (Å²) < 4.78 is 5.56.